The number of carbonyl (C=O) groups is 1. The smallest absolute Gasteiger partial charge is 0.337 e. The fourth-order valence-corrected chi connectivity index (χ4v) is 3.73. The predicted molar refractivity (Wildman–Crippen MR) is 106 cm³/mol. The van der Waals surface area contributed by atoms with Gasteiger partial charge in [0, 0.05) is 11.6 Å². The van der Waals surface area contributed by atoms with Crippen LogP contribution in [0.15, 0.2) is 59.6 Å². The van der Waals surface area contributed by atoms with E-state index in [-0.39, 0.29) is 12.0 Å². The van der Waals surface area contributed by atoms with E-state index in [1.807, 2.05) is 18.2 Å². The van der Waals surface area contributed by atoms with Gasteiger partial charge in [-0.2, -0.15) is 0 Å². The number of rotatable bonds is 5. The molecule has 0 saturated heterocycles. The normalized spacial score (nSPS) is 16.9. The van der Waals surface area contributed by atoms with Crippen molar-refractivity contribution in [3.8, 4) is 0 Å². The zero-order chi connectivity index (χ0) is 18.4. The van der Waals surface area contributed by atoms with E-state index in [1.54, 1.807) is 6.07 Å². The summed E-state index contributed by atoms with van der Waals surface area (Å²) >= 11 is 0. The second-order valence-corrected chi connectivity index (χ2v) is 7.01. The van der Waals surface area contributed by atoms with E-state index in [2.05, 4.69) is 37.3 Å². The van der Waals surface area contributed by atoms with Gasteiger partial charge in [0.15, 0.2) is 0 Å². The molecule has 1 fully saturated rings. The Morgan fingerprint density at radius 1 is 1.00 bits per heavy atom. The highest BCUT2D eigenvalue weighted by Gasteiger charge is 2.22. The number of aliphatic imine (C=N–C) groups is 1. The Bertz CT molecular complexity index is 761. The van der Waals surface area contributed by atoms with Crippen molar-refractivity contribution >= 4 is 11.7 Å². The van der Waals surface area contributed by atoms with Gasteiger partial charge in [-0.3, -0.25) is 4.99 Å². The van der Waals surface area contributed by atoms with Crippen LogP contribution < -0.4 is 0 Å². The molecule has 0 radical (unpaired) electrons. The van der Waals surface area contributed by atoms with E-state index in [9.17, 15) is 4.79 Å². The van der Waals surface area contributed by atoms with Crippen molar-refractivity contribution in [2.24, 2.45) is 10.9 Å². The third kappa shape index (κ3) is 4.40. The number of hydrogen-bond donors (Lipinski definition) is 0. The Hall–Kier alpha value is -2.42. The van der Waals surface area contributed by atoms with Gasteiger partial charge in [-0.25, -0.2) is 4.79 Å². The van der Waals surface area contributed by atoms with Crippen LogP contribution in [-0.4, -0.2) is 18.8 Å². The van der Waals surface area contributed by atoms with Crippen molar-refractivity contribution < 1.29 is 9.53 Å². The van der Waals surface area contributed by atoms with Crippen LogP contribution >= 0.6 is 0 Å². The lowest BCUT2D eigenvalue weighted by Crippen LogP contribution is -2.20. The molecule has 3 heteroatoms. The summed E-state index contributed by atoms with van der Waals surface area (Å²) in [5.41, 5.74) is 3.97. The molecular weight excluding hydrogens is 322 g/mol. The Kier molecular flexibility index (Phi) is 6.21. The largest absolute Gasteiger partial charge is 0.465 e. The minimum absolute atomic E-state index is 0.0925. The van der Waals surface area contributed by atoms with Gasteiger partial charge < -0.3 is 4.74 Å². The minimum Gasteiger partial charge on any atom is -0.465 e. The molecule has 2 aromatic carbocycles. The summed E-state index contributed by atoms with van der Waals surface area (Å²) in [6, 6.07) is 18.2. The monoisotopic (exact) mass is 349 g/mol. The van der Waals surface area contributed by atoms with Crippen LogP contribution in [0.4, 0.5) is 0 Å². The average Bonchev–Trinajstić information content (AvgIpc) is 2.72. The molecule has 0 unspecified atom stereocenters. The summed E-state index contributed by atoms with van der Waals surface area (Å²) in [4.78, 5) is 17.1. The molecule has 0 heterocycles. The Balaban J connectivity index is 1.98. The fourth-order valence-electron chi connectivity index (χ4n) is 3.73. The quantitative estimate of drug-likeness (QED) is 0.520. The highest BCUT2D eigenvalue weighted by atomic mass is 16.5. The number of esters is 1. The molecule has 0 aliphatic heterocycles. The van der Waals surface area contributed by atoms with Gasteiger partial charge in [0.05, 0.1) is 18.7 Å². The van der Waals surface area contributed by atoms with E-state index in [0.29, 0.717) is 11.5 Å². The van der Waals surface area contributed by atoms with Gasteiger partial charge in [0.1, 0.15) is 0 Å². The molecule has 1 aliphatic rings. The lowest BCUT2D eigenvalue weighted by Gasteiger charge is -2.25. The summed E-state index contributed by atoms with van der Waals surface area (Å²) in [5, 5.41) is 0. The van der Waals surface area contributed by atoms with Crippen molar-refractivity contribution in [3.63, 3.8) is 0 Å². The zero-order valence-corrected chi connectivity index (χ0v) is 15.7. The standard InChI is InChI=1S/C23H27NO2/c1-17(18-10-5-3-6-11-18)24-22(19-12-7-4-8-13-19)20-14-9-15-21(16-20)23(25)26-2/h3,5-6,9-11,14-17,19H,4,7-8,12-13H2,1-2H3/t17-/m1/s1. The number of hydrogen-bond acceptors (Lipinski definition) is 3. The molecule has 3 nitrogen and oxygen atoms in total. The summed E-state index contributed by atoms with van der Waals surface area (Å²) in [5.74, 6) is 0.161. The molecule has 0 bridgehead atoms. The third-order valence-corrected chi connectivity index (χ3v) is 5.19. The summed E-state index contributed by atoms with van der Waals surface area (Å²) < 4.78 is 4.89. The molecule has 136 valence electrons. The maximum atomic E-state index is 11.9. The molecular formula is C23H27NO2. The Morgan fingerprint density at radius 3 is 2.38 bits per heavy atom. The summed E-state index contributed by atoms with van der Waals surface area (Å²) in [6.07, 6.45) is 6.14. The molecule has 1 atom stereocenters. The van der Waals surface area contributed by atoms with Crippen molar-refractivity contribution in [1.82, 2.24) is 0 Å². The van der Waals surface area contributed by atoms with Gasteiger partial charge in [-0.1, -0.05) is 61.7 Å². The first-order valence-electron chi connectivity index (χ1n) is 9.50. The molecule has 0 aromatic heterocycles. The second-order valence-electron chi connectivity index (χ2n) is 7.01. The fraction of sp³-hybridized carbons (Fsp3) is 0.391. The lowest BCUT2D eigenvalue weighted by atomic mass is 9.82. The van der Waals surface area contributed by atoms with Gasteiger partial charge in [0.25, 0.3) is 0 Å². The first-order valence-corrected chi connectivity index (χ1v) is 9.50. The molecule has 26 heavy (non-hydrogen) atoms. The lowest BCUT2D eigenvalue weighted by molar-refractivity contribution is 0.0600. The van der Waals surface area contributed by atoms with Crippen molar-refractivity contribution in [3.05, 3.63) is 71.3 Å². The number of methoxy groups -OCH3 is 1. The number of nitrogens with zero attached hydrogens (tertiary/aromatic N) is 1. The van der Waals surface area contributed by atoms with Gasteiger partial charge in [-0.05, 0) is 43.0 Å². The molecule has 0 amide bonds. The first kappa shape index (κ1) is 18.4. The van der Waals surface area contributed by atoms with E-state index >= 15 is 0 Å². The number of ether oxygens (including phenoxy) is 1. The Labute approximate surface area is 156 Å². The van der Waals surface area contributed by atoms with Gasteiger partial charge in [-0.15, -0.1) is 0 Å². The van der Waals surface area contributed by atoms with Crippen molar-refractivity contribution in [2.45, 2.75) is 45.1 Å². The topological polar surface area (TPSA) is 38.7 Å². The van der Waals surface area contributed by atoms with E-state index < -0.39 is 0 Å². The highest BCUT2D eigenvalue weighted by Crippen LogP contribution is 2.30. The van der Waals surface area contributed by atoms with E-state index in [4.69, 9.17) is 9.73 Å². The molecule has 0 spiro atoms. The SMILES string of the molecule is COC(=O)c1cccc(C(=N[C@H](C)c2ccccc2)C2CCCCC2)c1. The van der Waals surface area contributed by atoms with Crippen LogP contribution in [0.25, 0.3) is 0 Å². The van der Waals surface area contributed by atoms with Gasteiger partial charge in [0.2, 0.25) is 0 Å². The second kappa shape index (κ2) is 8.79. The molecule has 3 rings (SSSR count). The zero-order valence-electron chi connectivity index (χ0n) is 15.7. The number of carbonyl (C=O) groups excluding carboxylic acids is 1. The average molecular weight is 349 g/mol. The van der Waals surface area contributed by atoms with Crippen LogP contribution in [0.2, 0.25) is 0 Å². The molecule has 1 saturated carbocycles. The van der Waals surface area contributed by atoms with Crippen LogP contribution in [0.5, 0.6) is 0 Å². The van der Waals surface area contributed by atoms with Crippen LogP contribution in [0.1, 0.15) is 66.6 Å². The summed E-state index contributed by atoms with van der Waals surface area (Å²) in [7, 11) is 1.42. The highest BCUT2D eigenvalue weighted by molar-refractivity contribution is 6.04. The molecule has 2 aromatic rings. The maximum Gasteiger partial charge on any atom is 0.337 e. The molecule has 0 N–H and O–H groups in total. The van der Waals surface area contributed by atoms with Crippen LogP contribution in [0, 0.1) is 5.92 Å². The van der Waals surface area contributed by atoms with E-state index in [0.717, 1.165) is 11.3 Å². The van der Waals surface area contributed by atoms with Crippen LogP contribution in [-0.2, 0) is 4.74 Å². The third-order valence-electron chi connectivity index (χ3n) is 5.19. The van der Waals surface area contributed by atoms with Gasteiger partial charge >= 0.3 is 5.97 Å². The maximum absolute atomic E-state index is 11.9. The van der Waals surface area contributed by atoms with Crippen LogP contribution in [0.3, 0.4) is 0 Å². The van der Waals surface area contributed by atoms with Crippen molar-refractivity contribution in [1.29, 1.82) is 0 Å². The molecule has 1 aliphatic carbocycles. The predicted octanol–water partition coefficient (Wildman–Crippen LogP) is 5.60. The first-order chi connectivity index (χ1) is 12.7. The number of benzene rings is 2. The minimum atomic E-state index is -0.300. The summed E-state index contributed by atoms with van der Waals surface area (Å²) in [6.45, 7) is 2.14. The Morgan fingerprint density at radius 2 is 1.69 bits per heavy atom. The van der Waals surface area contributed by atoms with Crippen molar-refractivity contribution in [2.75, 3.05) is 7.11 Å². The van der Waals surface area contributed by atoms with E-state index in [1.165, 1.54) is 44.8 Å².